The maximum absolute atomic E-state index is 12.3. The molecule has 0 saturated carbocycles. The number of halogens is 1. The largest absolute Gasteiger partial charge is 0.497 e. The number of ether oxygens (including phenoxy) is 2. The van der Waals surface area contributed by atoms with Crippen LogP contribution in [0.3, 0.4) is 0 Å². The highest BCUT2D eigenvalue weighted by Crippen LogP contribution is 2.26. The summed E-state index contributed by atoms with van der Waals surface area (Å²) in [5.41, 5.74) is 0.961. The third-order valence-corrected chi connectivity index (χ3v) is 6.14. The van der Waals surface area contributed by atoms with E-state index in [2.05, 4.69) is 5.32 Å². The normalized spacial score (nSPS) is 11.5. The van der Waals surface area contributed by atoms with Crippen LogP contribution in [-0.4, -0.2) is 52.4 Å². The molecule has 0 unspecified atom stereocenters. The van der Waals surface area contributed by atoms with Gasteiger partial charge in [0, 0.05) is 25.9 Å². The Hall–Kier alpha value is -2.88. The first kappa shape index (κ1) is 23.4. The van der Waals surface area contributed by atoms with E-state index in [4.69, 9.17) is 21.1 Å². The lowest BCUT2D eigenvalue weighted by Crippen LogP contribution is -2.23. The molecule has 0 bridgehead atoms. The summed E-state index contributed by atoms with van der Waals surface area (Å²) >= 11 is 5.96. The van der Waals surface area contributed by atoms with Gasteiger partial charge in [0.25, 0.3) is 5.91 Å². The van der Waals surface area contributed by atoms with E-state index in [-0.39, 0.29) is 15.6 Å². The standard InChI is InChI=1S/C20H21ClN2O6S/c1-23(2)30(26,27)18-12-15(7-10-17(18)21)22-19(24)13-29-20(25)11-6-14-4-8-16(28-3)9-5-14/h4-12H,13H2,1-3H3,(H,22,24)/b11-6+. The van der Waals surface area contributed by atoms with Gasteiger partial charge in [-0.3, -0.25) is 4.79 Å². The number of anilines is 1. The van der Waals surface area contributed by atoms with Crippen molar-refractivity contribution in [3.8, 4) is 5.75 Å². The van der Waals surface area contributed by atoms with E-state index >= 15 is 0 Å². The Morgan fingerprint density at radius 3 is 2.40 bits per heavy atom. The number of hydrogen-bond donors (Lipinski definition) is 1. The summed E-state index contributed by atoms with van der Waals surface area (Å²) in [7, 11) is 0.514. The van der Waals surface area contributed by atoms with Gasteiger partial charge in [-0.25, -0.2) is 17.5 Å². The van der Waals surface area contributed by atoms with Gasteiger partial charge in [0.15, 0.2) is 6.61 Å². The monoisotopic (exact) mass is 452 g/mol. The zero-order chi connectivity index (χ0) is 22.3. The van der Waals surface area contributed by atoms with Gasteiger partial charge in [-0.15, -0.1) is 0 Å². The van der Waals surface area contributed by atoms with E-state index in [1.807, 2.05) is 0 Å². The van der Waals surface area contributed by atoms with Gasteiger partial charge >= 0.3 is 5.97 Å². The van der Waals surface area contributed by atoms with Crippen molar-refractivity contribution >= 4 is 45.3 Å². The fourth-order valence-electron chi connectivity index (χ4n) is 2.24. The first-order valence-corrected chi connectivity index (χ1v) is 10.5. The quantitative estimate of drug-likeness (QED) is 0.488. The number of rotatable bonds is 8. The summed E-state index contributed by atoms with van der Waals surface area (Å²) in [6.07, 6.45) is 2.73. The predicted octanol–water partition coefficient (Wildman–Crippen LogP) is 2.79. The summed E-state index contributed by atoms with van der Waals surface area (Å²) in [5.74, 6) is -0.639. The molecule has 2 aromatic rings. The third kappa shape index (κ3) is 6.31. The van der Waals surface area contributed by atoms with Crippen molar-refractivity contribution in [1.29, 1.82) is 0 Å². The summed E-state index contributed by atoms with van der Waals surface area (Å²) in [5, 5.41) is 2.49. The topological polar surface area (TPSA) is 102 Å². The maximum Gasteiger partial charge on any atom is 0.331 e. The lowest BCUT2D eigenvalue weighted by Gasteiger charge is -2.14. The number of methoxy groups -OCH3 is 1. The van der Waals surface area contributed by atoms with Gasteiger partial charge in [-0.1, -0.05) is 23.7 Å². The molecule has 0 spiro atoms. The lowest BCUT2D eigenvalue weighted by molar-refractivity contribution is -0.142. The zero-order valence-electron chi connectivity index (χ0n) is 16.6. The number of hydrogen-bond acceptors (Lipinski definition) is 6. The molecular formula is C20H21ClN2O6S. The number of sulfonamides is 1. The molecule has 1 amide bonds. The molecule has 0 atom stereocenters. The Morgan fingerprint density at radius 1 is 1.13 bits per heavy atom. The van der Waals surface area contributed by atoms with Crippen LogP contribution in [0.2, 0.25) is 5.02 Å². The van der Waals surface area contributed by atoms with Crippen LogP contribution in [-0.2, 0) is 24.3 Å². The molecule has 160 valence electrons. The van der Waals surface area contributed by atoms with E-state index < -0.39 is 28.5 Å². The van der Waals surface area contributed by atoms with Crippen molar-refractivity contribution in [3.05, 3.63) is 59.1 Å². The molecule has 8 nitrogen and oxygen atoms in total. The molecule has 0 radical (unpaired) electrons. The fourth-order valence-corrected chi connectivity index (χ4v) is 3.63. The van der Waals surface area contributed by atoms with E-state index in [9.17, 15) is 18.0 Å². The summed E-state index contributed by atoms with van der Waals surface area (Å²) in [6, 6.07) is 11.0. The van der Waals surface area contributed by atoms with Crippen LogP contribution in [0.15, 0.2) is 53.4 Å². The Labute approximate surface area is 180 Å². The molecule has 10 heteroatoms. The highest BCUT2D eigenvalue weighted by atomic mass is 35.5. The van der Waals surface area contributed by atoms with Crippen LogP contribution in [0.1, 0.15) is 5.56 Å². The van der Waals surface area contributed by atoms with E-state index in [0.717, 1.165) is 9.87 Å². The lowest BCUT2D eigenvalue weighted by atomic mass is 10.2. The molecule has 2 aromatic carbocycles. The van der Waals surface area contributed by atoms with Crippen molar-refractivity contribution in [1.82, 2.24) is 4.31 Å². The van der Waals surface area contributed by atoms with Crippen molar-refractivity contribution in [3.63, 3.8) is 0 Å². The first-order valence-electron chi connectivity index (χ1n) is 8.64. The highest BCUT2D eigenvalue weighted by molar-refractivity contribution is 7.89. The van der Waals surface area contributed by atoms with Gasteiger partial charge in [0.05, 0.1) is 12.1 Å². The minimum Gasteiger partial charge on any atom is -0.497 e. The molecule has 0 aliphatic rings. The van der Waals surface area contributed by atoms with Gasteiger partial charge < -0.3 is 14.8 Å². The SMILES string of the molecule is COc1ccc(/C=C/C(=O)OCC(=O)Nc2ccc(Cl)c(S(=O)(=O)N(C)C)c2)cc1. The summed E-state index contributed by atoms with van der Waals surface area (Å²) in [6.45, 7) is -0.538. The average Bonchev–Trinajstić information content (AvgIpc) is 2.72. The molecule has 1 N–H and O–H groups in total. The molecule has 30 heavy (non-hydrogen) atoms. The molecule has 0 aliphatic heterocycles. The van der Waals surface area contributed by atoms with Crippen molar-refractivity contribution in [2.24, 2.45) is 0 Å². The van der Waals surface area contributed by atoms with Gasteiger partial charge in [0.2, 0.25) is 10.0 Å². The van der Waals surface area contributed by atoms with Crippen molar-refractivity contribution in [2.45, 2.75) is 4.90 Å². The predicted molar refractivity (Wildman–Crippen MR) is 114 cm³/mol. The first-order chi connectivity index (χ1) is 14.1. The summed E-state index contributed by atoms with van der Waals surface area (Å²) in [4.78, 5) is 23.7. The Morgan fingerprint density at radius 2 is 1.80 bits per heavy atom. The van der Waals surface area contributed by atoms with E-state index in [0.29, 0.717) is 5.75 Å². The van der Waals surface area contributed by atoms with E-state index in [1.54, 1.807) is 31.4 Å². The minimum atomic E-state index is -3.78. The van der Waals surface area contributed by atoms with Crippen molar-refractivity contribution < 1.29 is 27.5 Å². The molecule has 0 fully saturated rings. The van der Waals surface area contributed by atoms with Gasteiger partial charge in [-0.05, 0) is 42.0 Å². The Bertz CT molecular complexity index is 1050. The number of nitrogens with one attached hydrogen (secondary N) is 1. The number of nitrogens with zero attached hydrogens (tertiary/aromatic N) is 1. The van der Waals surface area contributed by atoms with Crippen LogP contribution in [0.25, 0.3) is 6.08 Å². The number of esters is 1. The van der Waals surface area contributed by atoms with Crippen molar-refractivity contribution in [2.75, 3.05) is 33.1 Å². The Balaban J connectivity index is 1.94. The van der Waals surface area contributed by atoms with E-state index in [1.165, 1.54) is 44.4 Å². The fraction of sp³-hybridized carbons (Fsp3) is 0.200. The minimum absolute atomic E-state index is 0.0248. The molecule has 0 aliphatic carbocycles. The molecular weight excluding hydrogens is 432 g/mol. The molecule has 2 rings (SSSR count). The second-order valence-electron chi connectivity index (χ2n) is 6.20. The average molecular weight is 453 g/mol. The molecule has 0 aromatic heterocycles. The number of benzene rings is 2. The second kappa shape index (κ2) is 10.2. The van der Waals surface area contributed by atoms with Crippen LogP contribution >= 0.6 is 11.6 Å². The molecule has 0 saturated heterocycles. The number of carbonyl (C=O) groups is 2. The number of carbonyl (C=O) groups excluding carboxylic acids is 2. The van der Waals surface area contributed by atoms with Gasteiger partial charge in [-0.2, -0.15) is 0 Å². The Kier molecular flexibility index (Phi) is 7.99. The second-order valence-corrected chi connectivity index (χ2v) is 8.72. The zero-order valence-corrected chi connectivity index (χ0v) is 18.2. The number of amides is 1. The highest BCUT2D eigenvalue weighted by Gasteiger charge is 2.21. The van der Waals surface area contributed by atoms with Crippen LogP contribution in [0, 0.1) is 0 Å². The van der Waals surface area contributed by atoms with Gasteiger partial charge in [0.1, 0.15) is 10.6 Å². The third-order valence-electron chi connectivity index (χ3n) is 3.85. The summed E-state index contributed by atoms with van der Waals surface area (Å²) < 4.78 is 35.5. The molecule has 0 heterocycles. The van der Waals surface area contributed by atoms with Crippen LogP contribution in [0.4, 0.5) is 5.69 Å². The smallest absolute Gasteiger partial charge is 0.331 e. The maximum atomic E-state index is 12.3. The van der Waals surface area contributed by atoms with Crippen LogP contribution in [0.5, 0.6) is 5.75 Å². The van der Waals surface area contributed by atoms with Crippen LogP contribution < -0.4 is 10.1 Å².